The molecule has 6 heteroatoms. The van der Waals surface area contributed by atoms with Crippen LogP contribution in [0.1, 0.15) is 11.6 Å². The van der Waals surface area contributed by atoms with Crippen LogP contribution in [0.4, 0.5) is 0 Å². The summed E-state index contributed by atoms with van der Waals surface area (Å²) < 4.78 is 0. The maximum absolute atomic E-state index is 9.68. The largest absolute Gasteiger partial charge is 0.508 e. The van der Waals surface area contributed by atoms with Gasteiger partial charge in [-0.2, -0.15) is 5.10 Å². The SMILES string of the molecule is CSC1=NC(c2ccc(O)cc2O)C=NN1. The zero-order valence-corrected chi connectivity index (χ0v) is 9.40. The third kappa shape index (κ3) is 2.11. The van der Waals surface area contributed by atoms with Crippen molar-refractivity contribution in [2.24, 2.45) is 10.1 Å². The van der Waals surface area contributed by atoms with Crippen LogP contribution >= 0.6 is 11.8 Å². The lowest BCUT2D eigenvalue weighted by molar-refractivity contribution is 0.445. The van der Waals surface area contributed by atoms with E-state index in [4.69, 9.17) is 0 Å². The molecule has 1 aromatic carbocycles. The monoisotopic (exact) mass is 237 g/mol. The van der Waals surface area contributed by atoms with Crippen LogP contribution < -0.4 is 5.43 Å². The highest BCUT2D eigenvalue weighted by Crippen LogP contribution is 2.30. The molecule has 0 radical (unpaired) electrons. The summed E-state index contributed by atoms with van der Waals surface area (Å²) in [4.78, 5) is 4.34. The minimum absolute atomic E-state index is 0.0163. The molecular formula is C10H11N3O2S. The van der Waals surface area contributed by atoms with E-state index < -0.39 is 0 Å². The van der Waals surface area contributed by atoms with Gasteiger partial charge in [0.15, 0.2) is 5.17 Å². The minimum atomic E-state index is -0.315. The van der Waals surface area contributed by atoms with E-state index in [1.54, 1.807) is 12.3 Å². The van der Waals surface area contributed by atoms with Gasteiger partial charge in [0.2, 0.25) is 0 Å². The number of hydrogen-bond donors (Lipinski definition) is 3. The molecule has 1 heterocycles. The van der Waals surface area contributed by atoms with E-state index in [1.807, 2.05) is 6.26 Å². The first kappa shape index (κ1) is 10.8. The summed E-state index contributed by atoms with van der Waals surface area (Å²) in [6.45, 7) is 0. The summed E-state index contributed by atoms with van der Waals surface area (Å²) in [5.74, 6) is 0.0451. The van der Waals surface area contributed by atoms with Crippen molar-refractivity contribution >= 4 is 23.1 Å². The number of thioether (sulfide) groups is 1. The number of amidine groups is 1. The first-order valence-electron chi connectivity index (χ1n) is 4.63. The van der Waals surface area contributed by atoms with E-state index in [9.17, 15) is 10.2 Å². The number of rotatable bonds is 1. The zero-order chi connectivity index (χ0) is 11.5. The van der Waals surface area contributed by atoms with Crippen LogP contribution in [0.5, 0.6) is 11.5 Å². The van der Waals surface area contributed by atoms with Gasteiger partial charge >= 0.3 is 0 Å². The third-order valence-corrected chi connectivity index (χ3v) is 2.74. The van der Waals surface area contributed by atoms with Crippen LogP contribution in [-0.2, 0) is 0 Å². The fourth-order valence-corrected chi connectivity index (χ4v) is 1.74. The summed E-state index contributed by atoms with van der Waals surface area (Å²) >= 11 is 1.45. The van der Waals surface area contributed by atoms with Gasteiger partial charge in [-0.25, -0.2) is 4.99 Å². The second-order valence-corrected chi connectivity index (χ2v) is 4.01. The summed E-state index contributed by atoms with van der Waals surface area (Å²) in [5, 5.41) is 23.5. The van der Waals surface area contributed by atoms with Crippen molar-refractivity contribution in [2.75, 3.05) is 6.26 Å². The molecule has 0 amide bonds. The topological polar surface area (TPSA) is 77.2 Å². The highest BCUT2D eigenvalue weighted by Gasteiger charge is 2.16. The van der Waals surface area contributed by atoms with Crippen molar-refractivity contribution in [3.63, 3.8) is 0 Å². The smallest absolute Gasteiger partial charge is 0.177 e. The Morgan fingerprint density at radius 1 is 1.38 bits per heavy atom. The third-order valence-electron chi connectivity index (χ3n) is 2.16. The van der Waals surface area contributed by atoms with E-state index in [0.717, 1.165) is 0 Å². The maximum Gasteiger partial charge on any atom is 0.177 e. The van der Waals surface area contributed by atoms with E-state index in [1.165, 1.54) is 23.9 Å². The molecule has 0 aromatic heterocycles. The lowest BCUT2D eigenvalue weighted by Crippen LogP contribution is -2.20. The van der Waals surface area contributed by atoms with Crippen molar-refractivity contribution in [1.29, 1.82) is 0 Å². The van der Waals surface area contributed by atoms with Crippen molar-refractivity contribution in [1.82, 2.24) is 5.43 Å². The Labute approximate surface area is 96.9 Å². The Morgan fingerprint density at radius 2 is 2.19 bits per heavy atom. The first-order valence-corrected chi connectivity index (χ1v) is 5.86. The van der Waals surface area contributed by atoms with Crippen molar-refractivity contribution in [2.45, 2.75) is 6.04 Å². The molecule has 5 nitrogen and oxygen atoms in total. The van der Waals surface area contributed by atoms with Crippen molar-refractivity contribution < 1.29 is 10.2 Å². The number of aromatic hydroxyl groups is 2. The number of phenols is 2. The summed E-state index contributed by atoms with van der Waals surface area (Å²) in [7, 11) is 0. The predicted molar refractivity (Wildman–Crippen MR) is 65.1 cm³/mol. The summed E-state index contributed by atoms with van der Waals surface area (Å²) in [6.07, 6.45) is 3.49. The standard InChI is InChI=1S/C10H11N3O2S/c1-16-10-12-8(5-11-13-10)7-3-2-6(14)4-9(7)15/h2-5,8,14-15H,1H3,(H,12,13). The minimum Gasteiger partial charge on any atom is -0.508 e. The molecule has 84 valence electrons. The number of phenolic OH excluding ortho intramolecular Hbond substituents is 2. The van der Waals surface area contributed by atoms with Gasteiger partial charge in [0.1, 0.15) is 17.5 Å². The van der Waals surface area contributed by atoms with Crippen LogP contribution in [0.3, 0.4) is 0 Å². The lowest BCUT2D eigenvalue weighted by Gasteiger charge is -2.15. The number of nitrogens with zero attached hydrogens (tertiary/aromatic N) is 2. The van der Waals surface area contributed by atoms with Crippen LogP contribution in [0, 0.1) is 0 Å². The van der Waals surface area contributed by atoms with E-state index in [0.29, 0.717) is 10.7 Å². The molecule has 16 heavy (non-hydrogen) atoms. The van der Waals surface area contributed by atoms with Crippen LogP contribution in [0.15, 0.2) is 28.3 Å². The van der Waals surface area contributed by atoms with Gasteiger partial charge in [0, 0.05) is 11.6 Å². The molecular weight excluding hydrogens is 226 g/mol. The van der Waals surface area contributed by atoms with Gasteiger partial charge in [-0.1, -0.05) is 11.8 Å². The Kier molecular flexibility index (Phi) is 3.00. The quantitative estimate of drug-likeness (QED) is 0.691. The fourth-order valence-electron chi connectivity index (χ4n) is 1.38. The van der Waals surface area contributed by atoms with Crippen LogP contribution in [0.2, 0.25) is 0 Å². The highest BCUT2D eigenvalue weighted by atomic mass is 32.2. The molecule has 0 saturated carbocycles. The second-order valence-electron chi connectivity index (χ2n) is 3.22. The predicted octanol–water partition coefficient (Wildman–Crippen LogP) is 1.45. The number of hydrazone groups is 1. The number of aliphatic imine (C=N–C) groups is 1. The van der Waals surface area contributed by atoms with Crippen LogP contribution in [0.25, 0.3) is 0 Å². The van der Waals surface area contributed by atoms with Gasteiger partial charge < -0.3 is 10.2 Å². The number of benzene rings is 1. The summed E-state index contributed by atoms with van der Waals surface area (Å²) in [5.41, 5.74) is 3.37. The molecule has 0 aliphatic carbocycles. The molecule has 1 aliphatic heterocycles. The van der Waals surface area contributed by atoms with Gasteiger partial charge in [-0.05, 0) is 18.4 Å². The van der Waals surface area contributed by atoms with Crippen molar-refractivity contribution in [3.05, 3.63) is 23.8 Å². The molecule has 2 rings (SSSR count). The molecule has 0 fully saturated rings. The van der Waals surface area contributed by atoms with Gasteiger partial charge in [0.25, 0.3) is 0 Å². The molecule has 0 spiro atoms. The number of nitrogens with one attached hydrogen (secondary N) is 1. The molecule has 1 aliphatic rings. The molecule has 0 bridgehead atoms. The van der Waals surface area contributed by atoms with Crippen LogP contribution in [-0.4, -0.2) is 27.9 Å². The molecule has 1 atom stereocenters. The average Bonchev–Trinajstić information content (AvgIpc) is 2.29. The molecule has 3 N–H and O–H groups in total. The summed E-state index contributed by atoms with van der Waals surface area (Å²) in [6, 6.07) is 4.12. The van der Waals surface area contributed by atoms with E-state index in [-0.39, 0.29) is 17.5 Å². The first-order chi connectivity index (χ1) is 7.70. The zero-order valence-electron chi connectivity index (χ0n) is 8.58. The Balaban J connectivity index is 2.33. The van der Waals surface area contributed by atoms with Gasteiger partial charge in [-0.3, -0.25) is 5.43 Å². The van der Waals surface area contributed by atoms with E-state index >= 15 is 0 Å². The van der Waals surface area contributed by atoms with Gasteiger partial charge in [0.05, 0.1) is 6.21 Å². The molecule has 0 saturated heterocycles. The Morgan fingerprint density at radius 3 is 2.88 bits per heavy atom. The molecule has 1 unspecified atom stereocenters. The van der Waals surface area contributed by atoms with Gasteiger partial charge in [-0.15, -0.1) is 0 Å². The second kappa shape index (κ2) is 4.44. The Hall–Kier alpha value is -1.69. The lowest BCUT2D eigenvalue weighted by atomic mass is 10.1. The highest BCUT2D eigenvalue weighted by molar-refractivity contribution is 8.13. The normalized spacial score (nSPS) is 19.1. The maximum atomic E-state index is 9.68. The average molecular weight is 237 g/mol. The fraction of sp³-hybridized carbons (Fsp3) is 0.200. The molecule has 1 aromatic rings. The van der Waals surface area contributed by atoms with E-state index in [2.05, 4.69) is 15.5 Å². The number of hydrogen-bond acceptors (Lipinski definition) is 6. The Bertz CT molecular complexity index is 459. The van der Waals surface area contributed by atoms with Crippen molar-refractivity contribution in [3.8, 4) is 11.5 Å².